The number of imidazole rings is 2. The fraction of sp³-hybridized carbons (Fsp3) is 0.573. The number of hydrogen-bond donors (Lipinski definition) is 2. The summed E-state index contributed by atoms with van der Waals surface area (Å²) in [7, 11) is 11.6. The third-order valence-corrected chi connectivity index (χ3v) is 21.7. The zero-order valence-corrected chi connectivity index (χ0v) is 88.4. The highest BCUT2D eigenvalue weighted by atomic mass is 35.5. The standard InChI is InChI=1S/C14H18N2.2C11H15Cl.C11H15F.C9H16N2O.C9H15NO.C8H14N2.C8H16N2.C8H15N2.C8H13NOS.C6H12N4/c1-14(2,3)13-9-15-16(11-13)10-12-7-5-4-6-8-12;1-8-7-9(12)5-6-10(8)11(2,3)4;2*1-8-5-6-9(12)7-10(8)11(2,3)4;1-9(2,3)7-8(12-5)11(4)6-10-7;1-6-8(9(3,4)5)7(2)11-10-6;1-8(2,3)7-5-9-6-10(7)4;1-8(2,3)7-5-9-10(4)6-7;1-8(2,3)7-9-5-6-10(7)4;1-8(2,3)7-9-6(4-10)5-11-7;1-6(2,3)5-7-8-9-10(5)4/h4-9,11H,10H2,1-3H3;3*5-7H,1-4H3;6H,1-5H3;1-5H3;5-6H,1-4H3;6,9H,5H2,1-4H3;6H,5H2,1-4H3;5,10H,4H2,1-3H3;1-4H3/q;;;;;;;;+1;;. The smallest absolute Gasteiger partial charge is 0.297 e. The fourth-order valence-corrected chi connectivity index (χ4v) is 14.8. The van der Waals surface area contributed by atoms with E-state index in [1.54, 1.807) is 35.5 Å². The molecular weight excluding hydrogens is 1630 g/mol. The summed E-state index contributed by atoms with van der Waals surface area (Å²) in [6.07, 6.45) is 13.9. The number of tetrazole rings is 1. The predicted octanol–water partition coefficient (Wildman–Crippen LogP) is 25.5. The minimum Gasteiger partial charge on any atom is -0.481 e. The zero-order valence-electron chi connectivity index (χ0n) is 86.0. The van der Waals surface area contributed by atoms with Gasteiger partial charge in [-0.15, -0.1) is 16.4 Å². The van der Waals surface area contributed by atoms with Crippen molar-refractivity contribution in [2.45, 2.75) is 325 Å². The lowest BCUT2D eigenvalue weighted by Gasteiger charge is -2.21. The second kappa shape index (κ2) is 47.7. The molecule has 2 aliphatic rings. The molecule has 23 heteroatoms. The average Bonchev–Trinajstić information content (AvgIpc) is 1.56. The number of hydrogen-bond acceptors (Lipinski definition) is 15. The van der Waals surface area contributed by atoms with Crippen molar-refractivity contribution in [3.05, 3.63) is 239 Å². The molecule has 8 heterocycles. The van der Waals surface area contributed by atoms with Crippen LogP contribution in [0.2, 0.25) is 10.0 Å². The molecule has 0 saturated heterocycles. The Hall–Kier alpha value is -8.47. The van der Waals surface area contributed by atoms with Crippen molar-refractivity contribution >= 4 is 46.6 Å². The molecule has 19 nitrogen and oxygen atoms in total. The van der Waals surface area contributed by atoms with Crippen LogP contribution in [0.1, 0.15) is 318 Å². The van der Waals surface area contributed by atoms with Gasteiger partial charge in [-0.2, -0.15) is 5.10 Å². The number of halogens is 3. The van der Waals surface area contributed by atoms with Gasteiger partial charge in [0.05, 0.1) is 68.0 Å². The molecule has 0 amide bonds. The SMILES string of the molecule is CC(C)(C)c1cnn(Cc2ccccc2)c1.CC(C)(C)c1nc(CO)cs1.CN1C=C(C(C)(C)C)CN1.COc1c(C(C)(C)C)ncn1C.C[N+]1=CCN=C1C(C)(C)C.Cc1cc(Cl)ccc1C(C)(C)C.Cc1ccc(Cl)cc1C(C)(C)C.Cc1ccc(F)cc1C(C)(C)C.Cc1noc(C)c1C(C)(C)C.Cn1cncc1C(C)(C)C.Cn1nnnc1C(C)(C)C. The maximum atomic E-state index is 12.9. The van der Waals surface area contributed by atoms with Gasteiger partial charge in [0, 0.05) is 102 Å². The monoisotopic (exact) mass is 1790 g/mol. The predicted molar refractivity (Wildman–Crippen MR) is 533 cm³/mol. The summed E-state index contributed by atoms with van der Waals surface area (Å²) in [5, 5.41) is 34.9. The third kappa shape index (κ3) is 39.6. The molecule has 2 N–H and O–H groups in total. The number of methoxy groups -OCH3 is 1. The number of aromatic nitrogens is 12. The van der Waals surface area contributed by atoms with E-state index in [2.05, 4.69) is 371 Å². The van der Waals surface area contributed by atoms with Crippen molar-refractivity contribution in [3.8, 4) is 5.88 Å². The van der Waals surface area contributed by atoms with Gasteiger partial charge in [-0.25, -0.2) is 34.0 Å². The number of aliphatic hydroxyl groups excluding tert-OH is 1. The molecular formula is C103H164Cl2FN16O3S+. The summed E-state index contributed by atoms with van der Waals surface area (Å²) >= 11 is 13.4. The van der Waals surface area contributed by atoms with Crippen molar-refractivity contribution in [3.63, 3.8) is 0 Å². The number of rotatable bonds is 4. The minimum atomic E-state index is -0.148. The first kappa shape index (κ1) is 114. The van der Waals surface area contributed by atoms with Crippen LogP contribution in [0.5, 0.6) is 5.88 Å². The fourth-order valence-electron chi connectivity index (χ4n) is 13.5. The van der Waals surface area contributed by atoms with Gasteiger partial charge in [0.25, 0.3) is 5.84 Å². The molecule has 0 spiro atoms. The first-order chi connectivity index (χ1) is 57.3. The number of aliphatic imine (C=N–C) groups is 1. The highest BCUT2D eigenvalue weighted by molar-refractivity contribution is 7.09. The van der Waals surface area contributed by atoms with Crippen molar-refractivity contribution in [1.82, 2.24) is 69.7 Å². The topological polar surface area (TPSA) is 196 Å². The number of benzene rings is 4. The van der Waals surface area contributed by atoms with Crippen molar-refractivity contribution in [2.24, 2.45) is 37.0 Å². The highest BCUT2D eigenvalue weighted by Gasteiger charge is 2.32. The van der Waals surface area contributed by atoms with E-state index in [-0.39, 0.29) is 66.6 Å². The molecule has 0 atom stereocenters. The molecule has 0 unspecified atom stereocenters. The lowest BCUT2D eigenvalue weighted by atomic mass is 9.84. The quantitative estimate of drug-likeness (QED) is 0.158. The maximum Gasteiger partial charge on any atom is 0.297 e. The molecule has 2 aliphatic heterocycles. The number of hydrazine groups is 1. The Morgan fingerprint density at radius 2 is 1.13 bits per heavy atom. The normalized spacial score (nSPS) is 13.0. The van der Waals surface area contributed by atoms with E-state index in [9.17, 15) is 4.39 Å². The second-order valence-electron chi connectivity index (χ2n) is 43.8. The van der Waals surface area contributed by atoms with Crippen LogP contribution in [-0.2, 0) is 83.0 Å². The molecule has 0 aliphatic carbocycles. The number of ether oxygens (including phenoxy) is 1. The Morgan fingerprint density at radius 3 is 1.44 bits per heavy atom. The largest absolute Gasteiger partial charge is 0.481 e. The van der Waals surface area contributed by atoms with E-state index >= 15 is 0 Å². The van der Waals surface area contributed by atoms with Gasteiger partial charge in [-0.05, 0) is 185 Å². The first-order valence-electron chi connectivity index (χ1n) is 43.7. The van der Waals surface area contributed by atoms with Crippen LogP contribution in [0.4, 0.5) is 4.39 Å². The summed E-state index contributed by atoms with van der Waals surface area (Å²) in [5.74, 6) is 3.74. The van der Waals surface area contributed by atoms with Gasteiger partial charge in [0.1, 0.15) is 23.5 Å². The number of aryl methyl sites for hydroxylation is 8. The number of aliphatic hydroxyl groups is 1. The number of nitrogens with one attached hydrogen (secondary N) is 1. The van der Waals surface area contributed by atoms with Gasteiger partial charge >= 0.3 is 0 Å². The Labute approximate surface area is 775 Å². The van der Waals surface area contributed by atoms with Crippen LogP contribution in [0, 0.1) is 51.3 Å². The molecule has 0 fully saturated rings. The van der Waals surface area contributed by atoms with E-state index in [4.69, 9.17) is 37.6 Å². The van der Waals surface area contributed by atoms with E-state index in [1.165, 1.54) is 62.1 Å². The highest BCUT2D eigenvalue weighted by Crippen LogP contribution is 2.34. The summed E-state index contributed by atoms with van der Waals surface area (Å²) < 4.78 is 32.9. The molecule has 6 aromatic heterocycles. The van der Waals surface area contributed by atoms with Gasteiger partial charge in [-0.3, -0.25) is 4.68 Å². The van der Waals surface area contributed by atoms with Crippen molar-refractivity contribution in [2.75, 3.05) is 34.3 Å². The van der Waals surface area contributed by atoms with Crippen molar-refractivity contribution in [1.29, 1.82) is 0 Å². The Kier molecular flexibility index (Phi) is 43.0. The number of amidine groups is 1. The summed E-state index contributed by atoms with van der Waals surface area (Å²) in [6.45, 7) is 84.3. The van der Waals surface area contributed by atoms with Crippen LogP contribution in [0.25, 0.3) is 0 Å². The molecule has 0 radical (unpaired) electrons. The Balaban J connectivity index is 0.000000471. The van der Waals surface area contributed by atoms with E-state index in [0.29, 0.717) is 5.41 Å². The van der Waals surface area contributed by atoms with Crippen LogP contribution in [0.3, 0.4) is 0 Å². The lowest BCUT2D eigenvalue weighted by molar-refractivity contribution is -0.371. The second-order valence-corrected chi connectivity index (χ2v) is 45.6. The van der Waals surface area contributed by atoms with Gasteiger partial charge in [0.2, 0.25) is 5.88 Å². The van der Waals surface area contributed by atoms with Gasteiger partial charge < -0.3 is 28.5 Å². The van der Waals surface area contributed by atoms with Crippen LogP contribution < -0.4 is 10.2 Å². The summed E-state index contributed by atoms with van der Waals surface area (Å²) in [5.41, 5.74) is 21.8. The maximum absolute atomic E-state index is 12.9. The molecule has 12 rings (SSSR count). The van der Waals surface area contributed by atoms with Crippen LogP contribution >= 0.6 is 34.5 Å². The lowest BCUT2D eigenvalue weighted by Crippen LogP contribution is -2.27. The molecule has 0 bridgehead atoms. The molecule has 126 heavy (non-hydrogen) atoms. The van der Waals surface area contributed by atoms with E-state index < -0.39 is 0 Å². The van der Waals surface area contributed by atoms with Crippen LogP contribution in [0.15, 0.2) is 143 Å². The summed E-state index contributed by atoms with van der Waals surface area (Å²) in [4.78, 5) is 17.0. The molecule has 10 aromatic rings. The molecule has 4 aromatic carbocycles. The molecule has 0 saturated carbocycles. The summed E-state index contributed by atoms with van der Waals surface area (Å²) in [6, 6.07) is 27.5. The number of thiazole rings is 1. The molecule has 700 valence electrons. The first-order valence-corrected chi connectivity index (χ1v) is 45.3. The third-order valence-electron chi connectivity index (χ3n) is 19.9. The average molecular weight is 1800 g/mol. The van der Waals surface area contributed by atoms with Crippen LogP contribution in [-0.4, -0.2) is 120 Å². The van der Waals surface area contributed by atoms with E-state index in [1.807, 2.05) is 118 Å². The zero-order chi connectivity index (χ0) is 97.2. The Morgan fingerprint density at radius 1 is 0.579 bits per heavy atom. The van der Waals surface area contributed by atoms with Crippen molar-refractivity contribution < 1.29 is 23.3 Å². The number of nitrogens with zero attached hydrogens (tertiary/aromatic N) is 15. The van der Waals surface area contributed by atoms with Gasteiger partial charge in [0.15, 0.2) is 12.4 Å². The van der Waals surface area contributed by atoms with E-state index in [0.717, 1.165) is 80.4 Å². The Bertz CT molecular complexity index is 4880. The van der Waals surface area contributed by atoms with Gasteiger partial charge in [-0.1, -0.05) is 290 Å². The minimum absolute atomic E-state index is 0.0339.